The van der Waals surface area contributed by atoms with Crippen molar-refractivity contribution in [2.24, 2.45) is 0 Å². The summed E-state index contributed by atoms with van der Waals surface area (Å²) in [6.45, 7) is 6.72. The summed E-state index contributed by atoms with van der Waals surface area (Å²) in [5.41, 5.74) is 0. The first-order chi connectivity index (χ1) is 6.33. The minimum Gasteiger partial charge on any atom is -0.500 e. The molecule has 1 unspecified atom stereocenters. The molecule has 0 spiro atoms. The van der Waals surface area contributed by atoms with E-state index in [2.05, 4.69) is 25.3 Å². The van der Waals surface area contributed by atoms with Crippen LogP contribution in [0.3, 0.4) is 0 Å². The Kier molecular flexibility index (Phi) is 4.71. The molecule has 13 heavy (non-hydrogen) atoms. The van der Waals surface area contributed by atoms with Crippen molar-refractivity contribution < 1.29 is 4.74 Å². The summed E-state index contributed by atoms with van der Waals surface area (Å²) in [4.78, 5) is 0. The second-order valence-electron chi connectivity index (χ2n) is 3.67. The zero-order valence-corrected chi connectivity index (χ0v) is 9.37. The highest BCUT2D eigenvalue weighted by Crippen LogP contribution is 2.38. The standard InChI is InChI=1S/C11H20OS/c1-3-11(10-12-4-2)8-6-5-7-9-13-11/h4H,2-3,5-10H2,1H3. The Hall–Kier alpha value is -0.110. The molecule has 1 nitrogen and oxygen atoms in total. The highest BCUT2D eigenvalue weighted by molar-refractivity contribution is 8.00. The van der Waals surface area contributed by atoms with E-state index < -0.39 is 0 Å². The van der Waals surface area contributed by atoms with Crippen LogP contribution in [0.15, 0.2) is 12.8 Å². The van der Waals surface area contributed by atoms with Gasteiger partial charge in [-0.1, -0.05) is 26.3 Å². The topological polar surface area (TPSA) is 9.23 Å². The van der Waals surface area contributed by atoms with Crippen molar-refractivity contribution in [3.8, 4) is 0 Å². The van der Waals surface area contributed by atoms with E-state index in [4.69, 9.17) is 4.74 Å². The number of ether oxygens (including phenoxy) is 1. The molecule has 1 aliphatic heterocycles. The first-order valence-corrected chi connectivity index (χ1v) is 6.18. The van der Waals surface area contributed by atoms with Crippen LogP contribution in [0.2, 0.25) is 0 Å². The molecule has 0 bridgehead atoms. The highest BCUT2D eigenvalue weighted by Gasteiger charge is 2.30. The summed E-state index contributed by atoms with van der Waals surface area (Å²) in [6.07, 6.45) is 8.22. The van der Waals surface area contributed by atoms with E-state index in [1.807, 2.05) is 0 Å². The van der Waals surface area contributed by atoms with Gasteiger partial charge >= 0.3 is 0 Å². The minimum atomic E-state index is 0.380. The molecule has 76 valence electrons. The smallest absolute Gasteiger partial charge is 0.102 e. The molecule has 0 radical (unpaired) electrons. The fourth-order valence-electron chi connectivity index (χ4n) is 1.79. The van der Waals surface area contributed by atoms with Crippen LogP contribution < -0.4 is 0 Å². The molecular weight excluding hydrogens is 180 g/mol. The highest BCUT2D eigenvalue weighted by atomic mass is 32.2. The Morgan fingerprint density at radius 2 is 2.31 bits per heavy atom. The van der Waals surface area contributed by atoms with Crippen molar-refractivity contribution in [1.29, 1.82) is 0 Å². The molecule has 1 atom stereocenters. The molecule has 1 heterocycles. The lowest BCUT2D eigenvalue weighted by atomic mass is 9.99. The van der Waals surface area contributed by atoms with Gasteiger partial charge in [0.25, 0.3) is 0 Å². The van der Waals surface area contributed by atoms with E-state index in [0.717, 1.165) is 6.61 Å². The van der Waals surface area contributed by atoms with E-state index in [0.29, 0.717) is 4.75 Å². The van der Waals surface area contributed by atoms with E-state index >= 15 is 0 Å². The molecule has 0 aromatic rings. The molecule has 0 amide bonds. The SMILES string of the molecule is C=COCC1(CC)CCCCCS1. The first-order valence-electron chi connectivity index (χ1n) is 5.19. The van der Waals surface area contributed by atoms with Gasteiger partial charge in [-0.15, -0.1) is 0 Å². The molecule has 2 heteroatoms. The predicted octanol–water partition coefficient (Wildman–Crippen LogP) is 3.60. The summed E-state index contributed by atoms with van der Waals surface area (Å²) in [7, 11) is 0. The molecule has 1 rings (SSSR count). The van der Waals surface area contributed by atoms with Gasteiger partial charge in [0.2, 0.25) is 0 Å². The van der Waals surface area contributed by atoms with Gasteiger partial charge in [0.05, 0.1) is 6.26 Å². The van der Waals surface area contributed by atoms with Gasteiger partial charge in [-0.25, -0.2) is 0 Å². The average Bonchev–Trinajstić information content (AvgIpc) is 2.41. The van der Waals surface area contributed by atoms with E-state index in [-0.39, 0.29) is 0 Å². The fraction of sp³-hybridized carbons (Fsp3) is 0.818. The Labute approximate surface area is 85.9 Å². The Morgan fingerprint density at radius 3 is 3.00 bits per heavy atom. The third kappa shape index (κ3) is 3.26. The largest absolute Gasteiger partial charge is 0.500 e. The average molecular weight is 200 g/mol. The molecule has 0 N–H and O–H groups in total. The summed E-state index contributed by atoms with van der Waals surface area (Å²) >= 11 is 2.10. The van der Waals surface area contributed by atoms with Crippen molar-refractivity contribution in [2.75, 3.05) is 12.4 Å². The molecule has 1 saturated heterocycles. The maximum absolute atomic E-state index is 5.37. The molecule has 0 saturated carbocycles. The van der Waals surface area contributed by atoms with Crippen molar-refractivity contribution >= 4 is 11.8 Å². The van der Waals surface area contributed by atoms with Crippen molar-refractivity contribution in [2.45, 2.75) is 43.8 Å². The Balaban J connectivity index is 2.48. The number of hydrogen-bond acceptors (Lipinski definition) is 2. The van der Waals surface area contributed by atoms with Gasteiger partial charge in [-0.05, 0) is 25.0 Å². The monoisotopic (exact) mass is 200 g/mol. The van der Waals surface area contributed by atoms with E-state index in [9.17, 15) is 0 Å². The number of rotatable bonds is 4. The lowest BCUT2D eigenvalue weighted by Crippen LogP contribution is -2.29. The second kappa shape index (κ2) is 5.58. The summed E-state index contributed by atoms with van der Waals surface area (Å²) in [6, 6.07) is 0. The van der Waals surface area contributed by atoms with Gasteiger partial charge < -0.3 is 4.74 Å². The normalized spacial score (nSPS) is 29.3. The number of thioether (sulfide) groups is 1. The first kappa shape index (κ1) is 11.0. The van der Waals surface area contributed by atoms with Crippen LogP contribution >= 0.6 is 11.8 Å². The quantitative estimate of drug-likeness (QED) is 0.641. The second-order valence-corrected chi connectivity index (χ2v) is 5.24. The third-order valence-electron chi connectivity index (χ3n) is 2.79. The van der Waals surface area contributed by atoms with Gasteiger partial charge in [0.15, 0.2) is 0 Å². The Bertz CT molecular complexity index is 148. The van der Waals surface area contributed by atoms with Crippen molar-refractivity contribution in [3.63, 3.8) is 0 Å². The molecule has 1 fully saturated rings. The summed E-state index contributed by atoms with van der Waals surface area (Å²) < 4.78 is 5.75. The summed E-state index contributed by atoms with van der Waals surface area (Å²) in [5, 5.41) is 0. The van der Waals surface area contributed by atoms with E-state index in [1.54, 1.807) is 6.26 Å². The van der Waals surface area contributed by atoms with Crippen LogP contribution in [0.25, 0.3) is 0 Å². The molecular formula is C11H20OS. The fourth-order valence-corrected chi connectivity index (χ4v) is 3.22. The lowest BCUT2D eigenvalue weighted by molar-refractivity contribution is 0.203. The third-order valence-corrected chi connectivity index (χ3v) is 4.51. The maximum Gasteiger partial charge on any atom is 0.102 e. The van der Waals surface area contributed by atoms with Crippen LogP contribution in [-0.4, -0.2) is 17.1 Å². The van der Waals surface area contributed by atoms with Crippen LogP contribution in [0, 0.1) is 0 Å². The molecule has 0 aliphatic carbocycles. The van der Waals surface area contributed by atoms with Crippen molar-refractivity contribution in [3.05, 3.63) is 12.8 Å². The zero-order valence-electron chi connectivity index (χ0n) is 8.55. The minimum absolute atomic E-state index is 0.380. The zero-order chi connectivity index (χ0) is 9.57. The summed E-state index contributed by atoms with van der Waals surface area (Å²) in [5.74, 6) is 1.30. The van der Waals surface area contributed by atoms with Crippen molar-refractivity contribution in [1.82, 2.24) is 0 Å². The van der Waals surface area contributed by atoms with Gasteiger partial charge in [-0.2, -0.15) is 11.8 Å². The maximum atomic E-state index is 5.37. The molecule has 1 aliphatic rings. The molecule has 0 aromatic heterocycles. The number of hydrogen-bond donors (Lipinski definition) is 0. The van der Waals surface area contributed by atoms with Crippen LogP contribution in [-0.2, 0) is 4.74 Å². The Morgan fingerprint density at radius 1 is 1.46 bits per heavy atom. The molecule has 0 aromatic carbocycles. The van der Waals surface area contributed by atoms with Crippen LogP contribution in [0.5, 0.6) is 0 Å². The van der Waals surface area contributed by atoms with Crippen LogP contribution in [0.4, 0.5) is 0 Å². The van der Waals surface area contributed by atoms with Gasteiger partial charge in [0.1, 0.15) is 6.61 Å². The van der Waals surface area contributed by atoms with Crippen LogP contribution in [0.1, 0.15) is 39.0 Å². The van der Waals surface area contributed by atoms with E-state index in [1.165, 1.54) is 37.9 Å². The lowest BCUT2D eigenvalue weighted by Gasteiger charge is -2.29. The predicted molar refractivity (Wildman–Crippen MR) is 60.1 cm³/mol. The van der Waals surface area contributed by atoms with Gasteiger partial charge in [-0.3, -0.25) is 0 Å². The van der Waals surface area contributed by atoms with Gasteiger partial charge in [0, 0.05) is 4.75 Å².